The predicted octanol–water partition coefficient (Wildman–Crippen LogP) is -0.438. The number of aliphatic hydroxyl groups is 1. The fourth-order valence-corrected chi connectivity index (χ4v) is 1.45. The van der Waals surface area contributed by atoms with Crippen LogP contribution in [0.3, 0.4) is 0 Å². The summed E-state index contributed by atoms with van der Waals surface area (Å²) in [7, 11) is 0. The van der Waals surface area contributed by atoms with Gasteiger partial charge in [0.05, 0.1) is 30.8 Å². The SMILES string of the molecule is CC(C)COc1ccccc1C(=O)N[C@H](CO)C(=O)[O-]. The van der Waals surface area contributed by atoms with E-state index in [-0.39, 0.29) is 5.56 Å². The van der Waals surface area contributed by atoms with Crippen molar-refractivity contribution in [3.63, 3.8) is 0 Å². The lowest BCUT2D eigenvalue weighted by Gasteiger charge is -2.18. The first kappa shape index (κ1) is 16.0. The minimum absolute atomic E-state index is 0.216. The number of carboxylic acids is 1. The first-order valence-corrected chi connectivity index (χ1v) is 6.30. The molecule has 1 amide bonds. The third-order valence-electron chi connectivity index (χ3n) is 2.48. The van der Waals surface area contributed by atoms with Crippen LogP contribution in [-0.2, 0) is 4.79 Å². The van der Waals surface area contributed by atoms with Crippen LogP contribution in [0.2, 0.25) is 0 Å². The van der Waals surface area contributed by atoms with Gasteiger partial charge in [0.15, 0.2) is 0 Å². The van der Waals surface area contributed by atoms with Gasteiger partial charge in [0.2, 0.25) is 0 Å². The minimum Gasteiger partial charge on any atom is -0.548 e. The maximum absolute atomic E-state index is 12.0. The van der Waals surface area contributed by atoms with Gasteiger partial charge in [0, 0.05) is 0 Å². The van der Waals surface area contributed by atoms with Gasteiger partial charge in [0.25, 0.3) is 5.91 Å². The molecule has 0 saturated carbocycles. The molecule has 0 radical (unpaired) electrons. The number of amides is 1. The molecular weight excluding hydrogens is 262 g/mol. The van der Waals surface area contributed by atoms with Crippen molar-refractivity contribution in [3.05, 3.63) is 29.8 Å². The summed E-state index contributed by atoms with van der Waals surface area (Å²) in [6, 6.07) is 5.07. The summed E-state index contributed by atoms with van der Waals surface area (Å²) >= 11 is 0. The van der Waals surface area contributed by atoms with Gasteiger partial charge >= 0.3 is 0 Å². The lowest BCUT2D eigenvalue weighted by Crippen LogP contribution is -2.50. The van der Waals surface area contributed by atoms with Crippen molar-refractivity contribution in [1.82, 2.24) is 5.32 Å². The summed E-state index contributed by atoms with van der Waals surface area (Å²) in [5.74, 6) is -1.51. The summed E-state index contributed by atoms with van der Waals surface area (Å²) in [5, 5.41) is 21.7. The standard InChI is InChI=1S/C14H19NO5/c1-9(2)8-20-12-6-4-3-5-10(12)13(17)15-11(7-16)14(18)19/h3-6,9,11,16H,7-8H2,1-2H3,(H,15,17)(H,18,19)/p-1/t11-/m1/s1. The second-order valence-electron chi connectivity index (χ2n) is 4.73. The van der Waals surface area contributed by atoms with Gasteiger partial charge in [-0.2, -0.15) is 0 Å². The van der Waals surface area contributed by atoms with Crippen LogP contribution in [-0.4, -0.2) is 36.2 Å². The number of para-hydroxylation sites is 1. The van der Waals surface area contributed by atoms with Crippen molar-refractivity contribution in [1.29, 1.82) is 0 Å². The lowest BCUT2D eigenvalue weighted by molar-refractivity contribution is -0.308. The molecule has 0 aliphatic rings. The quantitative estimate of drug-likeness (QED) is 0.705. The molecule has 0 spiro atoms. The molecule has 0 aliphatic heterocycles. The first-order valence-electron chi connectivity index (χ1n) is 6.30. The third-order valence-corrected chi connectivity index (χ3v) is 2.48. The predicted molar refractivity (Wildman–Crippen MR) is 70.1 cm³/mol. The van der Waals surface area contributed by atoms with Gasteiger partial charge in [-0.05, 0) is 18.1 Å². The molecule has 0 fully saturated rings. The van der Waals surface area contributed by atoms with E-state index < -0.39 is 24.5 Å². The first-order chi connectivity index (χ1) is 9.45. The Morgan fingerprint density at radius 1 is 1.35 bits per heavy atom. The number of hydrogen-bond donors (Lipinski definition) is 2. The van der Waals surface area contributed by atoms with Crippen LogP contribution in [0.4, 0.5) is 0 Å². The van der Waals surface area contributed by atoms with Crippen molar-refractivity contribution in [2.75, 3.05) is 13.2 Å². The maximum Gasteiger partial charge on any atom is 0.255 e. The van der Waals surface area contributed by atoms with Crippen LogP contribution in [0.5, 0.6) is 5.75 Å². The van der Waals surface area contributed by atoms with E-state index in [2.05, 4.69) is 5.32 Å². The highest BCUT2D eigenvalue weighted by atomic mass is 16.5. The molecule has 2 N–H and O–H groups in total. The topological polar surface area (TPSA) is 98.7 Å². The number of carbonyl (C=O) groups is 2. The van der Waals surface area contributed by atoms with E-state index in [0.29, 0.717) is 18.3 Å². The molecule has 1 aromatic rings. The highest BCUT2D eigenvalue weighted by Gasteiger charge is 2.17. The van der Waals surface area contributed by atoms with E-state index in [1.807, 2.05) is 13.8 Å². The molecule has 6 heteroatoms. The van der Waals surface area contributed by atoms with Crippen LogP contribution in [0.15, 0.2) is 24.3 Å². The average Bonchev–Trinajstić information content (AvgIpc) is 2.42. The van der Waals surface area contributed by atoms with Crippen LogP contribution < -0.4 is 15.2 Å². The molecule has 0 aromatic heterocycles. The van der Waals surface area contributed by atoms with Crippen molar-refractivity contribution >= 4 is 11.9 Å². The molecule has 6 nitrogen and oxygen atoms in total. The minimum atomic E-state index is -1.54. The number of nitrogens with one attached hydrogen (secondary N) is 1. The number of benzene rings is 1. The summed E-state index contributed by atoms with van der Waals surface area (Å²) in [6.45, 7) is 3.65. The fourth-order valence-electron chi connectivity index (χ4n) is 1.45. The Kier molecular flexibility index (Phi) is 5.99. The molecule has 0 bridgehead atoms. The molecule has 0 aliphatic carbocycles. The highest BCUT2D eigenvalue weighted by molar-refractivity contribution is 5.98. The Balaban J connectivity index is 2.84. The summed E-state index contributed by atoms with van der Waals surface area (Å²) < 4.78 is 5.51. The van der Waals surface area contributed by atoms with Crippen LogP contribution >= 0.6 is 0 Å². The Bertz CT molecular complexity index is 472. The Morgan fingerprint density at radius 3 is 2.55 bits per heavy atom. The van der Waals surface area contributed by atoms with Crippen molar-refractivity contribution in [2.45, 2.75) is 19.9 Å². The zero-order valence-electron chi connectivity index (χ0n) is 11.5. The zero-order valence-corrected chi connectivity index (χ0v) is 11.5. The van der Waals surface area contributed by atoms with Gasteiger partial charge < -0.3 is 25.1 Å². The summed E-state index contributed by atoms with van der Waals surface area (Å²) in [6.07, 6.45) is 0. The van der Waals surface area contributed by atoms with Crippen LogP contribution in [0.25, 0.3) is 0 Å². The van der Waals surface area contributed by atoms with E-state index >= 15 is 0 Å². The molecule has 1 rings (SSSR count). The van der Waals surface area contributed by atoms with E-state index in [4.69, 9.17) is 9.84 Å². The van der Waals surface area contributed by atoms with Gasteiger partial charge in [-0.3, -0.25) is 4.79 Å². The Labute approximate surface area is 117 Å². The average molecular weight is 280 g/mol. The molecule has 0 unspecified atom stereocenters. The van der Waals surface area contributed by atoms with Crippen LogP contribution in [0.1, 0.15) is 24.2 Å². The smallest absolute Gasteiger partial charge is 0.255 e. The lowest BCUT2D eigenvalue weighted by atomic mass is 10.1. The second kappa shape index (κ2) is 7.49. The number of carboxylic acid groups (broad SMARTS) is 1. The summed E-state index contributed by atoms with van der Waals surface area (Å²) in [4.78, 5) is 22.7. The monoisotopic (exact) mass is 280 g/mol. The largest absolute Gasteiger partial charge is 0.548 e. The number of rotatable bonds is 7. The normalized spacial score (nSPS) is 12.0. The van der Waals surface area contributed by atoms with E-state index in [9.17, 15) is 14.7 Å². The van der Waals surface area contributed by atoms with Crippen molar-refractivity contribution in [2.24, 2.45) is 5.92 Å². The molecule has 0 heterocycles. The Hall–Kier alpha value is -2.08. The number of aliphatic carboxylic acids is 1. The number of ether oxygens (including phenoxy) is 1. The van der Waals surface area contributed by atoms with Crippen molar-refractivity contribution in [3.8, 4) is 5.75 Å². The Morgan fingerprint density at radius 2 is 2.00 bits per heavy atom. The zero-order chi connectivity index (χ0) is 15.1. The molecule has 20 heavy (non-hydrogen) atoms. The molecule has 110 valence electrons. The van der Waals surface area contributed by atoms with Gasteiger partial charge in [-0.15, -0.1) is 0 Å². The fraction of sp³-hybridized carbons (Fsp3) is 0.429. The number of aliphatic hydroxyl groups excluding tert-OH is 1. The molecule has 1 aromatic carbocycles. The van der Waals surface area contributed by atoms with Gasteiger partial charge in [-0.1, -0.05) is 26.0 Å². The van der Waals surface area contributed by atoms with Gasteiger partial charge in [-0.25, -0.2) is 0 Å². The van der Waals surface area contributed by atoms with Crippen molar-refractivity contribution < 1.29 is 24.5 Å². The summed E-state index contributed by atoms with van der Waals surface area (Å²) in [5.41, 5.74) is 0.216. The highest BCUT2D eigenvalue weighted by Crippen LogP contribution is 2.18. The van der Waals surface area contributed by atoms with Crippen LogP contribution in [0, 0.1) is 5.92 Å². The van der Waals surface area contributed by atoms with E-state index in [0.717, 1.165) is 0 Å². The maximum atomic E-state index is 12.0. The van der Waals surface area contributed by atoms with E-state index in [1.54, 1.807) is 18.2 Å². The number of carbonyl (C=O) groups excluding carboxylic acids is 2. The molecular formula is C14H18NO5-. The second-order valence-corrected chi connectivity index (χ2v) is 4.73. The molecule has 0 saturated heterocycles. The van der Waals surface area contributed by atoms with Gasteiger partial charge in [0.1, 0.15) is 5.75 Å². The molecule has 1 atom stereocenters. The third kappa shape index (κ3) is 4.55. The van der Waals surface area contributed by atoms with E-state index in [1.165, 1.54) is 6.07 Å². The number of hydrogen-bond acceptors (Lipinski definition) is 5.